The molecular weight excluding hydrogens is 186 g/mol. The molecule has 0 saturated carbocycles. The molecule has 0 fully saturated rings. The summed E-state index contributed by atoms with van der Waals surface area (Å²) >= 11 is 0. The Bertz CT molecular complexity index is 279. The quantitative estimate of drug-likeness (QED) is 0.799. The van der Waals surface area contributed by atoms with Crippen molar-refractivity contribution in [2.75, 3.05) is 25.5 Å². The minimum Gasteiger partial charge on any atom is -0.359 e. The van der Waals surface area contributed by atoms with Crippen LogP contribution in [0.2, 0.25) is 0 Å². The molecule has 0 aliphatic heterocycles. The summed E-state index contributed by atoms with van der Waals surface area (Å²) in [5.74, 6) is 1.71. The van der Waals surface area contributed by atoms with E-state index < -0.39 is 0 Å². The average Bonchev–Trinajstić information content (AvgIpc) is 2.18. The van der Waals surface area contributed by atoms with E-state index in [0.29, 0.717) is 5.92 Å². The normalized spacial score (nSPS) is 10.7. The van der Waals surface area contributed by atoms with Crippen LogP contribution in [0.1, 0.15) is 19.4 Å². The highest BCUT2D eigenvalue weighted by Crippen LogP contribution is 2.11. The first-order chi connectivity index (χ1) is 7.13. The summed E-state index contributed by atoms with van der Waals surface area (Å²) in [6, 6.07) is 4.20. The van der Waals surface area contributed by atoms with Crippen LogP contribution in [-0.2, 0) is 6.54 Å². The van der Waals surface area contributed by atoms with Gasteiger partial charge in [-0.3, -0.25) is 0 Å². The van der Waals surface area contributed by atoms with Gasteiger partial charge in [0.25, 0.3) is 0 Å². The van der Waals surface area contributed by atoms with E-state index in [1.807, 2.05) is 13.2 Å². The van der Waals surface area contributed by atoms with Gasteiger partial charge in [-0.15, -0.1) is 0 Å². The molecule has 1 aromatic heterocycles. The largest absolute Gasteiger partial charge is 0.359 e. The van der Waals surface area contributed by atoms with Crippen LogP contribution in [0.5, 0.6) is 0 Å². The number of pyridine rings is 1. The minimum absolute atomic E-state index is 0.661. The second kappa shape index (κ2) is 5.71. The third kappa shape index (κ3) is 3.88. The van der Waals surface area contributed by atoms with Crippen molar-refractivity contribution in [2.45, 2.75) is 20.4 Å². The van der Waals surface area contributed by atoms with E-state index in [1.165, 1.54) is 5.56 Å². The summed E-state index contributed by atoms with van der Waals surface area (Å²) in [5.41, 5.74) is 1.22. The van der Waals surface area contributed by atoms with E-state index in [4.69, 9.17) is 0 Å². The van der Waals surface area contributed by atoms with Crippen molar-refractivity contribution in [1.29, 1.82) is 0 Å². The fraction of sp³-hybridized carbons (Fsp3) is 0.583. The van der Waals surface area contributed by atoms with Crippen molar-refractivity contribution in [3.8, 4) is 0 Å². The van der Waals surface area contributed by atoms with Crippen molar-refractivity contribution in [3.05, 3.63) is 23.9 Å². The fourth-order valence-corrected chi connectivity index (χ4v) is 1.59. The summed E-state index contributed by atoms with van der Waals surface area (Å²) in [5, 5.41) is 3.11. The van der Waals surface area contributed by atoms with Gasteiger partial charge in [0, 0.05) is 26.3 Å². The number of hydrogen-bond acceptors (Lipinski definition) is 3. The number of anilines is 1. The molecule has 0 amide bonds. The first-order valence-electron chi connectivity index (χ1n) is 5.44. The third-order valence-electron chi connectivity index (χ3n) is 2.22. The number of rotatable bonds is 5. The zero-order valence-electron chi connectivity index (χ0n) is 10.1. The van der Waals surface area contributed by atoms with E-state index in [0.717, 1.165) is 18.9 Å². The lowest BCUT2D eigenvalue weighted by Crippen LogP contribution is -2.23. The molecular formula is C12H21N3. The number of nitrogens with one attached hydrogen (secondary N) is 1. The molecule has 15 heavy (non-hydrogen) atoms. The molecule has 0 unspecified atom stereocenters. The van der Waals surface area contributed by atoms with Gasteiger partial charge in [-0.05, 0) is 24.6 Å². The van der Waals surface area contributed by atoms with Gasteiger partial charge in [0.05, 0.1) is 0 Å². The Kier molecular flexibility index (Phi) is 4.56. The maximum absolute atomic E-state index is 4.44. The van der Waals surface area contributed by atoms with Gasteiger partial charge in [-0.2, -0.15) is 0 Å². The molecule has 0 saturated heterocycles. The molecule has 84 valence electrons. The summed E-state index contributed by atoms with van der Waals surface area (Å²) in [4.78, 5) is 6.62. The van der Waals surface area contributed by atoms with Gasteiger partial charge in [-0.25, -0.2) is 4.98 Å². The van der Waals surface area contributed by atoms with E-state index in [2.05, 4.69) is 48.2 Å². The molecule has 1 N–H and O–H groups in total. The van der Waals surface area contributed by atoms with Gasteiger partial charge >= 0.3 is 0 Å². The predicted molar refractivity (Wildman–Crippen MR) is 65.1 cm³/mol. The third-order valence-corrected chi connectivity index (χ3v) is 2.22. The monoisotopic (exact) mass is 207 g/mol. The van der Waals surface area contributed by atoms with Gasteiger partial charge in [-0.1, -0.05) is 19.9 Å². The highest BCUT2D eigenvalue weighted by Gasteiger charge is 2.04. The highest BCUT2D eigenvalue weighted by atomic mass is 15.2. The lowest BCUT2D eigenvalue weighted by molar-refractivity contribution is 0.634. The van der Waals surface area contributed by atoms with Gasteiger partial charge in [0.2, 0.25) is 0 Å². The Hall–Kier alpha value is -1.09. The maximum atomic E-state index is 4.44. The summed E-state index contributed by atoms with van der Waals surface area (Å²) < 4.78 is 0. The lowest BCUT2D eigenvalue weighted by Gasteiger charge is -2.20. The topological polar surface area (TPSA) is 28.2 Å². The standard InChI is InChI=1S/C12H21N3/c1-10(2)9-15(4)12-6-5-11(7-13-3)8-14-12/h5-6,8,10,13H,7,9H2,1-4H3. The molecule has 3 nitrogen and oxygen atoms in total. The molecule has 0 aliphatic rings. The number of hydrogen-bond donors (Lipinski definition) is 1. The molecule has 0 radical (unpaired) electrons. The van der Waals surface area contributed by atoms with Crippen molar-refractivity contribution in [3.63, 3.8) is 0 Å². The van der Waals surface area contributed by atoms with Crippen molar-refractivity contribution < 1.29 is 0 Å². The SMILES string of the molecule is CNCc1ccc(N(C)CC(C)C)nc1. The van der Waals surface area contributed by atoms with Gasteiger partial charge < -0.3 is 10.2 Å². The van der Waals surface area contributed by atoms with Crippen LogP contribution in [0.3, 0.4) is 0 Å². The zero-order valence-corrected chi connectivity index (χ0v) is 10.1. The van der Waals surface area contributed by atoms with Gasteiger partial charge in [0.15, 0.2) is 0 Å². The van der Waals surface area contributed by atoms with E-state index in [-0.39, 0.29) is 0 Å². The number of aromatic nitrogens is 1. The Morgan fingerprint density at radius 2 is 2.13 bits per heavy atom. The smallest absolute Gasteiger partial charge is 0.128 e. The average molecular weight is 207 g/mol. The molecule has 0 bridgehead atoms. The van der Waals surface area contributed by atoms with Crippen molar-refractivity contribution in [1.82, 2.24) is 10.3 Å². The second-order valence-electron chi connectivity index (χ2n) is 4.33. The predicted octanol–water partition coefficient (Wildman–Crippen LogP) is 1.89. The first kappa shape index (κ1) is 12.0. The Morgan fingerprint density at radius 3 is 2.60 bits per heavy atom. The molecule has 0 aliphatic carbocycles. The van der Waals surface area contributed by atoms with Crippen LogP contribution in [0, 0.1) is 5.92 Å². The van der Waals surface area contributed by atoms with Crippen molar-refractivity contribution >= 4 is 5.82 Å². The van der Waals surface area contributed by atoms with Crippen molar-refractivity contribution in [2.24, 2.45) is 5.92 Å². The molecule has 1 heterocycles. The lowest BCUT2D eigenvalue weighted by atomic mass is 10.2. The Balaban J connectivity index is 2.62. The van der Waals surface area contributed by atoms with Crippen LogP contribution in [0.25, 0.3) is 0 Å². The van der Waals surface area contributed by atoms with Gasteiger partial charge in [0.1, 0.15) is 5.82 Å². The maximum Gasteiger partial charge on any atom is 0.128 e. The summed E-state index contributed by atoms with van der Waals surface area (Å²) in [6.07, 6.45) is 1.93. The highest BCUT2D eigenvalue weighted by molar-refractivity contribution is 5.38. The molecule has 0 atom stereocenters. The fourth-order valence-electron chi connectivity index (χ4n) is 1.59. The minimum atomic E-state index is 0.661. The van der Waals surface area contributed by atoms with E-state index >= 15 is 0 Å². The summed E-state index contributed by atoms with van der Waals surface area (Å²) in [7, 11) is 4.03. The molecule has 3 heteroatoms. The molecule has 0 aromatic carbocycles. The Morgan fingerprint density at radius 1 is 1.40 bits per heavy atom. The molecule has 0 spiro atoms. The van der Waals surface area contributed by atoms with Crippen LogP contribution in [-0.4, -0.2) is 25.6 Å². The summed E-state index contributed by atoms with van der Waals surface area (Å²) in [6.45, 7) is 6.34. The second-order valence-corrected chi connectivity index (χ2v) is 4.33. The van der Waals surface area contributed by atoms with Crippen LogP contribution in [0.4, 0.5) is 5.82 Å². The first-order valence-corrected chi connectivity index (χ1v) is 5.44. The molecule has 1 aromatic rings. The van der Waals surface area contributed by atoms with Crippen LogP contribution < -0.4 is 10.2 Å². The molecule has 1 rings (SSSR count). The number of nitrogens with zero attached hydrogens (tertiary/aromatic N) is 2. The Labute approximate surface area is 92.5 Å². The van der Waals surface area contributed by atoms with E-state index in [9.17, 15) is 0 Å². The van der Waals surface area contributed by atoms with Crippen LogP contribution >= 0.6 is 0 Å². The van der Waals surface area contributed by atoms with E-state index in [1.54, 1.807) is 0 Å². The zero-order chi connectivity index (χ0) is 11.3. The van der Waals surface area contributed by atoms with Crippen LogP contribution in [0.15, 0.2) is 18.3 Å².